The normalized spacial score (nSPS) is 43.6. The zero-order valence-electron chi connectivity index (χ0n) is 15.2. The van der Waals surface area contributed by atoms with Gasteiger partial charge in [-0.2, -0.15) is 8.42 Å². The Morgan fingerprint density at radius 3 is 2.48 bits per heavy atom. The van der Waals surface area contributed by atoms with Crippen molar-refractivity contribution >= 4 is 28.0 Å². The molecule has 1 saturated carbocycles. The summed E-state index contributed by atoms with van der Waals surface area (Å²) in [7, 11) is -4.25. The van der Waals surface area contributed by atoms with Crippen molar-refractivity contribution in [3.63, 3.8) is 0 Å². The van der Waals surface area contributed by atoms with E-state index < -0.39 is 58.5 Å². The maximum atomic E-state index is 13.0. The van der Waals surface area contributed by atoms with Gasteiger partial charge in [0, 0.05) is 0 Å². The van der Waals surface area contributed by atoms with Crippen LogP contribution in [0.3, 0.4) is 0 Å². The van der Waals surface area contributed by atoms with E-state index in [-0.39, 0.29) is 35.9 Å². The van der Waals surface area contributed by atoms with Crippen molar-refractivity contribution in [3.05, 3.63) is 12.2 Å². The molecule has 0 aromatic heterocycles. The summed E-state index contributed by atoms with van der Waals surface area (Å²) in [5.41, 5.74) is 0. The van der Waals surface area contributed by atoms with Crippen LogP contribution in [0.5, 0.6) is 0 Å². The smallest absolute Gasteiger partial charge is 0.312 e. The third kappa shape index (κ3) is 3.06. The van der Waals surface area contributed by atoms with Crippen molar-refractivity contribution in [1.29, 1.82) is 0 Å². The second-order valence-corrected chi connectivity index (χ2v) is 9.81. The van der Waals surface area contributed by atoms with Crippen LogP contribution < -0.4 is 0 Å². The first-order valence-electron chi connectivity index (χ1n) is 9.59. The molecular formula is C18H20O10S. The molecule has 3 aliphatic heterocycles. The summed E-state index contributed by atoms with van der Waals surface area (Å²) in [6, 6.07) is 0. The number of ether oxygens (including phenoxy) is 4. The van der Waals surface area contributed by atoms with Crippen LogP contribution in [0.25, 0.3) is 0 Å². The number of carbonyl (C=O) groups is 3. The van der Waals surface area contributed by atoms with E-state index in [4.69, 9.17) is 23.5 Å². The summed E-state index contributed by atoms with van der Waals surface area (Å²) in [4.78, 5) is 37.3. The molecular weight excluding hydrogens is 408 g/mol. The predicted molar refractivity (Wildman–Crippen MR) is 91.6 cm³/mol. The van der Waals surface area contributed by atoms with Gasteiger partial charge in [0.05, 0.1) is 23.9 Å². The zero-order chi connectivity index (χ0) is 20.5. The lowest BCUT2D eigenvalue weighted by molar-refractivity contribution is -0.170. The van der Waals surface area contributed by atoms with Crippen LogP contribution in [0.4, 0.5) is 0 Å². The average Bonchev–Trinajstić information content (AvgIpc) is 3.41. The Balaban J connectivity index is 1.27. The summed E-state index contributed by atoms with van der Waals surface area (Å²) in [5, 5.41) is 0. The Hall–Kier alpha value is -1.98. The highest BCUT2D eigenvalue weighted by Gasteiger charge is 2.65. The van der Waals surface area contributed by atoms with Gasteiger partial charge in [0.1, 0.15) is 18.5 Å². The number of fused-ring (bicyclic) bond motifs is 3. The van der Waals surface area contributed by atoms with Crippen molar-refractivity contribution in [2.45, 2.75) is 37.3 Å². The van der Waals surface area contributed by atoms with Crippen LogP contribution >= 0.6 is 0 Å². The molecule has 10 nitrogen and oxygen atoms in total. The van der Waals surface area contributed by atoms with Crippen molar-refractivity contribution < 1.29 is 46.3 Å². The molecule has 29 heavy (non-hydrogen) atoms. The Labute approximate surface area is 166 Å². The average molecular weight is 428 g/mol. The summed E-state index contributed by atoms with van der Waals surface area (Å²) in [5.74, 6) is -4.50. The van der Waals surface area contributed by atoms with E-state index in [1.807, 2.05) is 12.2 Å². The molecule has 5 aliphatic rings. The third-order valence-electron chi connectivity index (χ3n) is 6.63. The van der Waals surface area contributed by atoms with Gasteiger partial charge in [-0.25, -0.2) is 0 Å². The van der Waals surface area contributed by atoms with Gasteiger partial charge in [-0.1, -0.05) is 12.2 Å². The Kier molecular flexibility index (Phi) is 4.27. The summed E-state index contributed by atoms with van der Waals surface area (Å²) < 4.78 is 52.1. The topological polar surface area (TPSA) is 142 Å². The molecule has 0 aromatic carbocycles. The van der Waals surface area contributed by atoms with Gasteiger partial charge >= 0.3 is 17.9 Å². The summed E-state index contributed by atoms with van der Waals surface area (Å²) in [6.07, 6.45) is 2.72. The van der Waals surface area contributed by atoms with E-state index >= 15 is 0 Å². The predicted octanol–water partition coefficient (Wildman–Crippen LogP) is -0.520. The van der Waals surface area contributed by atoms with Gasteiger partial charge in [-0.15, -0.1) is 0 Å². The van der Waals surface area contributed by atoms with E-state index in [0.717, 1.165) is 0 Å². The van der Waals surface area contributed by atoms with Gasteiger partial charge in [0.25, 0.3) is 10.1 Å². The molecule has 0 amide bonds. The summed E-state index contributed by atoms with van der Waals surface area (Å²) >= 11 is 0. The minimum atomic E-state index is -4.25. The number of allylic oxidation sites excluding steroid dienone is 2. The number of hydrogen-bond donors (Lipinski definition) is 1. The van der Waals surface area contributed by atoms with Crippen molar-refractivity contribution in [1.82, 2.24) is 0 Å². The lowest BCUT2D eigenvalue weighted by atomic mass is 9.82. The third-order valence-corrected chi connectivity index (χ3v) is 7.31. The van der Waals surface area contributed by atoms with Gasteiger partial charge in [-0.05, 0) is 24.7 Å². The Bertz CT molecular complexity index is 894. The minimum Gasteiger partial charge on any atom is -0.464 e. The standard InChI is InChI=1S/C18H20O10S/c19-16-9-6-10-14(15(28-16)13(9)26-10)27-18(21)12-8-2-1-7(5-8)11(12)17(20)25-3-4-29(22,23)24/h1-2,7-15H,3-6H2,(H,22,23,24). The van der Waals surface area contributed by atoms with Gasteiger partial charge in [-0.3, -0.25) is 18.9 Å². The van der Waals surface area contributed by atoms with E-state index in [2.05, 4.69) is 0 Å². The lowest BCUT2D eigenvalue weighted by Crippen LogP contribution is -2.43. The number of esters is 3. The number of rotatable bonds is 6. The SMILES string of the molecule is O=C1OC2C(OC(=O)C3C4C=CC(C4)C3C(=O)OCCS(=O)(=O)O)C3CC1C2O3. The van der Waals surface area contributed by atoms with Crippen LogP contribution in [-0.4, -0.2) is 67.7 Å². The van der Waals surface area contributed by atoms with Crippen molar-refractivity contribution in [2.24, 2.45) is 29.6 Å². The fraction of sp³-hybridized carbons (Fsp3) is 0.722. The maximum absolute atomic E-state index is 13.0. The monoisotopic (exact) mass is 428 g/mol. The highest BCUT2D eigenvalue weighted by Crippen LogP contribution is 2.51. The molecule has 4 fully saturated rings. The highest BCUT2D eigenvalue weighted by molar-refractivity contribution is 7.85. The quantitative estimate of drug-likeness (QED) is 0.254. The first-order chi connectivity index (χ1) is 13.7. The molecule has 2 aliphatic carbocycles. The molecule has 9 unspecified atom stereocenters. The lowest BCUT2D eigenvalue weighted by Gasteiger charge is -2.28. The van der Waals surface area contributed by atoms with Gasteiger partial charge < -0.3 is 18.9 Å². The zero-order valence-corrected chi connectivity index (χ0v) is 16.0. The number of hydrogen-bond acceptors (Lipinski definition) is 9. The van der Waals surface area contributed by atoms with Crippen LogP contribution in [-0.2, 0) is 43.4 Å². The Morgan fingerprint density at radius 2 is 1.79 bits per heavy atom. The van der Waals surface area contributed by atoms with Crippen LogP contribution in [0, 0.1) is 29.6 Å². The molecule has 11 heteroatoms. The van der Waals surface area contributed by atoms with Crippen molar-refractivity contribution in [2.75, 3.05) is 12.4 Å². The molecule has 0 radical (unpaired) electrons. The fourth-order valence-electron chi connectivity index (χ4n) is 5.40. The largest absolute Gasteiger partial charge is 0.464 e. The maximum Gasteiger partial charge on any atom is 0.312 e. The molecule has 3 heterocycles. The van der Waals surface area contributed by atoms with Crippen LogP contribution in [0.1, 0.15) is 12.8 Å². The number of carbonyl (C=O) groups excluding carboxylic acids is 3. The highest BCUT2D eigenvalue weighted by atomic mass is 32.2. The van der Waals surface area contributed by atoms with E-state index in [0.29, 0.717) is 12.8 Å². The van der Waals surface area contributed by atoms with Crippen LogP contribution in [0.2, 0.25) is 0 Å². The first-order valence-corrected chi connectivity index (χ1v) is 11.2. The second-order valence-electron chi connectivity index (χ2n) is 8.24. The van der Waals surface area contributed by atoms with E-state index in [1.54, 1.807) is 0 Å². The molecule has 158 valence electrons. The van der Waals surface area contributed by atoms with E-state index in [1.165, 1.54) is 0 Å². The second kappa shape index (κ2) is 6.51. The molecule has 1 N–H and O–H groups in total. The molecule has 5 rings (SSSR count). The van der Waals surface area contributed by atoms with E-state index in [9.17, 15) is 22.8 Å². The Morgan fingerprint density at radius 1 is 1.10 bits per heavy atom. The van der Waals surface area contributed by atoms with Crippen LogP contribution in [0.15, 0.2) is 12.2 Å². The first kappa shape index (κ1) is 19.0. The molecule has 0 aromatic rings. The van der Waals surface area contributed by atoms with Gasteiger partial charge in [0.2, 0.25) is 0 Å². The molecule has 0 spiro atoms. The van der Waals surface area contributed by atoms with Gasteiger partial charge in [0.15, 0.2) is 12.2 Å². The van der Waals surface area contributed by atoms with Crippen molar-refractivity contribution in [3.8, 4) is 0 Å². The minimum absolute atomic E-state index is 0.176. The fourth-order valence-corrected chi connectivity index (χ4v) is 5.70. The molecule has 4 bridgehead atoms. The molecule has 9 atom stereocenters. The summed E-state index contributed by atoms with van der Waals surface area (Å²) in [6.45, 7) is -0.489. The molecule has 3 saturated heterocycles.